The summed E-state index contributed by atoms with van der Waals surface area (Å²) in [6, 6.07) is 8.43. The molecule has 13 heavy (non-hydrogen) atoms. The first-order chi connectivity index (χ1) is 6.29. The average Bonchev–Trinajstić information content (AvgIpc) is 2.23. The molecule has 0 aromatic heterocycles. The topological polar surface area (TPSA) is 71.4 Å². The minimum Gasteiger partial charge on any atom is -0.246 e. The molecule has 0 saturated heterocycles. The molecule has 1 rings (SSSR count). The molecule has 0 aliphatic heterocycles. The molecular weight excluding hydrogens is 161 g/mol. The third-order valence-corrected chi connectivity index (χ3v) is 1.88. The van der Waals surface area contributed by atoms with Crippen molar-refractivity contribution in [2.45, 2.75) is 0 Å². The largest absolute Gasteiger partial charge is 0.322 e. The van der Waals surface area contributed by atoms with Gasteiger partial charge in [-0.1, -0.05) is 30.3 Å². The van der Waals surface area contributed by atoms with Gasteiger partial charge in [-0.3, -0.25) is 0 Å². The first-order valence-electron chi connectivity index (χ1n) is 3.74. The van der Waals surface area contributed by atoms with Crippen LogP contribution in [0.2, 0.25) is 0 Å². The Hall–Kier alpha value is -2.25. The van der Waals surface area contributed by atoms with E-state index < -0.39 is 6.15 Å². The minimum absolute atomic E-state index is 0.481. The van der Waals surface area contributed by atoms with Crippen molar-refractivity contribution < 1.29 is 0 Å². The first kappa shape index (κ1) is 8.85. The molecule has 0 unspecified atom stereocenters. The van der Waals surface area contributed by atoms with Gasteiger partial charge in [-0.2, -0.15) is 5.46 Å². The Kier molecular flexibility index (Phi) is 2.34. The van der Waals surface area contributed by atoms with Crippen LogP contribution in [0, 0.1) is 33.7 Å². The molecule has 0 amide bonds. The molecule has 0 bridgehead atoms. The maximum atomic E-state index is 8.76. The van der Waals surface area contributed by atoms with Crippen molar-refractivity contribution in [2.75, 3.05) is 0 Å². The fourth-order valence-corrected chi connectivity index (χ4v) is 1.05. The van der Waals surface area contributed by atoms with Crippen molar-refractivity contribution in [3.8, 4) is 17.9 Å². The highest BCUT2D eigenvalue weighted by Gasteiger charge is 2.25. The molecule has 0 aliphatic carbocycles. The van der Waals surface area contributed by atoms with Crippen molar-refractivity contribution >= 4 is 11.6 Å². The highest BCUT2D eigenvalue weighted by Crippen LogP contribution is 1.99. The predicted molar refractivity (Wildman–Crippen MR) is 48.7 cm³/mol. The quantitative estimate of drug-likeness (QED) is 0.571. The van der Waals surface area contributed by atoms with E-state index in [-0.39, 0.29) is 0 Å². The van der Waals surface area contributed by atoms with E-state index in [1.807, 2.05) is 0 Å². The van der Waals surface area contributed by atoms with Gasteiger partial charge in [-0.15, -0.1) is 17.9 Å². The number of rotatable bonds is 1. The van der Waals surface area contributed by atoms with Crippen molar-refractivity contribution in [1.82, 2.24) is 0 Å². The molecule has 0 saturated carbocycles. The molecule has 0 atom stereocenters. The van der Waals surface area contributed by atoms with Crippen LogP contribution in [0.4, 0.5) is 0 Å². The third kappa shape index (κ3) is 1.36. The number of benzene rings is 1. The van der Waals surface area contributed by atoms with Crippen LogP contribution >= 0.6 is 0 Å². The van der Waals surface area contributed by atoms with E-state index in [4.69, 9.17) is 15.8 Å². The maximum absolute atomic E-state index is 8.76. The smallest absolute Gasteiger partial charge is 0.246 e. The fourth-order valence-electron chi connectivity index (χ4n) is 1.05. The summed E-state index contributed by atoms with van der Waals surface area (Å²) in [6.45, 7) is 0. The molecule has 1 aromatic carbocycles. The molecule has 0 spiro atoms. The maximum Gasteiger partial charge on any atom is 0.322 e. The van der Waals surface area contributed by atoms with E-state index in [0.717, 1.165) is 0 Å². The van der Waals surface area contributed by atoms with Crippen LogP contribution in [0.3, 0.4) is 0 Å². The Morgan fingerprint density at radius 3 is 1.69 bits per heavy atom. The molecule has 0 fully saturated rings. The molecule has 0 radical (unpaired) electrons. The second kappa shape index (κ2) is 3.43. The summed E-state index contributed by atoms with van der Waals surface area (Å²) < 4.78 is 0. The zero-order chi connectivity index (χ0) is 9.73. The highest BCUT2D eigenvalue weighted by atomic mass is 14.3. The van der Waals surface area contributed by atoms with Gasteiger partial charge in [-0.05, 0) is 0 Å². The van der Waals surface area contributed by atoms with Crippen LogP contribution in [-0.4, -0.2) is 6.15 Å². The predicted octanol–water partition coefficient (Wildman–Crippen LogP) is 0.531. The van der Waals surface area contributed by atoms with E-state index in [0.29, 0.717) is 5.46 Å². The zero-order valence-electron chi connectivity index (χ0n) is 6.81. The first-order valence-corrected chi connectivity index (χ1v) is 3.74. The summed E-state index contributed by atoms with van der Waals surface area (Å²) in [4.78, 5) is 0. The summed E-state index contributed by atoms with van der Waals surface area (Å²) in [6.07, 6.45) is -2.35. The highest BCUT2D eigenvalue weighted by molar-refractivity contribution is 7.09. The normalized spacial score (nSPS) is 9.31. The van der Waals surface area contributed by atoms with Crippen molar-refractivity contribution in [3.05, 3.63) is 30.3 Å². The Bertz CT molecular complexity index is 383. The molecule has 1 aromatic rings. The monoisotopic (exact) mass is 166 g/mol. The Morgan fingerprint density at radius 2 is 1.31 bits per heavy atom. The summed E-state index contributed by atoms with van der Waals surface area (Å²) in [5.41, 5.74) is 0.481. The Balaban J connectivity index is 3.31. The summed E-state index contributed by atoms with van der Waals surface area (Å²) in [7, 11) is 0. The summed E-state index contributed by atoms with van der Waals surface area (Å²) in [5.74, 6) is 5.31. The van der Waals surface area contributed by atoms with Gasteiger partial charge in [0, 0.05) is 0 Å². The van der Waals surface area contributed by atoms with Crippen LogP contribution in [0.1, 0.15) is 0 Å². The van der Waals surface area contributed by atoms with Gasteiger partial charge in [-0.25, -0.2) is 15.8 Å². The van der Waals surface area contributed by atoms with Crippen LogP contribution in [0.25, 0.3) is 0 Å². The van der Waals surface area contributed by atoms with Crippen molar-refractivity contribution in [2.24, 2.45) is 0 Å². The number of nitrogens with zero attached hydrogens (tertiary/aromatic N) is 3. The lowest BCUT2D eigenvalue weighted by Gasteiger charge is -2.15. The van der Waals surface area contributed by atoms with Crippen LogP contribution in [0.15, 0.2) is 30.3 Å². The van der Waals surface area contributed by atoms with Gasteiger partial charge in [0.15, 0.2) is 0 Å². The van der Waals surface area contributed by atoms with Gasteiger partial charge < -0.3 is 0 Å². The molecule has 0 aliphatic rings. The van der Waals surface area contributed by atoms with Crippen LogP contribution < -0.4 is 5.46 Å². The lowest BCUT2D eigenvalue weighted by Crippen LogP contribution is -2.44. The number of nitriles is 3. The van der Waals surface area contributed by atoms with Crippen molar-refractivity contribution in [3.63, 3.8) is 0 Å². The zero-order valence-corrected chi connectivity index (χ0v) is 6.81. The lowest BCUT2D eigenvalue weighted by molar-refractivity contribution is 1.51. The van der Waals surface area contributed by atoms with Crippen LogP contribution in [-0.2, 0) is 0 Å². The molecule has 0 N–H and O–H groups in total. The number of hydrogen-bond acceptors (Lipinski definition) is 3. The summed E-state index contributed by atoms with van der Waals surface area (Å²) >= 11 is 0. The number of hydrogen-bond donors (Lipinski definition) is 0. The molecular formula is C9H5BN3-. The summed E-state index contributed by atoms with van der Waals surface area (Å²) in [5, 5.41) is 26.3. The van der Waals surface area contributed by atoms with E-state index in [1.54, 1.807) is 48.2 Å². The van der Waals surface area contributed by atoms with E-state index in [9.17, 15) is 0 Å². The van der Waals surface area contributed by atoms with E-state index in [2.05, 4.69) is 0 Å². The van der Waals surface area contributed by atoms with Gasteiger partial charge in [0.05, 0.1) is 0 Å². The van der Waals surface area contributed by atoms with Gasteiger partial charge in [0.1, 0.15) is 0 Å². The van der Waals surface area contributed by atoms with Gasteiger partial charge in [0.2, 0.25) is 0 Å². The average molecular weight is 166 g/mol. The van der Waals surface area contributed by atoms with Crippen LogP contribution in [0.5, 0.6) is 0 Å². The molecule has 0 heterocycles. The third-order valence-electron chi connectivity index (χ3n) is 1.88. The molecule has 3 nitrogen and oxygen atoms in total. The Morgan fingerprint density at radius 1 is 0.846 bits per heavy atom. The molecule has 4 heteroatoms. The van der Waals surface area contributed by atoms with E-state index >= 15 is 0 Å². The second-order valence-corrected chi connectivity index (χ2v) is 2.66. The Labute approximate surface area is 76.4 Å². The minimum atomic E-state index is -2.35. The van der Waals surface area contributed by atoms with Crippen molar-refractivity contribution in [1.29, 1.82) is 15.8 Å². The fraction of sp³-hybridized carbons (Fsp3) is 0. The standard InChI is InChI=1S/C9H5BN3/c11-6-10(7-12,8-13)9-4-2-1-3-5-9/h1-5H/q-1. The molecule has 60 valence electrons. The van der Waals surface area contributed by atoms with Gasteiger partial charge >= 0.3 is 6.15 Å². The second-order valence-electron chi connectivity index (χ2n) is 2.66. The van der Waals surface area contributed by atoms with E-state index in [1.165, 1.54) is 0 Å². The lowest BCUT2D eigenvalue weighted by atomic mass is 9.25. The SMILES string of the molecule is N#C[B-](C#N)(C#N)c1ccccc1. The van der Waals surface area contributed by atoms with Gasteiger partial charge in [0.25, 0.3) is 0 Å².